The number of sulfonamides is 1. The van der Waals surface area contributed by atoms with E-state index in [2.05, 4.69) is 9.93 Å². The number of aryl methyl sites for hydroxylation is 1. The third kappa shape index (κ3) is 4.45. The maximum absolute atomic E-state index is 12.3. The van der Waals surface area contributed by atoms with Crippen molar-refractivity contribution in [3.05, 3.63) is 34.7 Å². The number of benzene rings is 1. The molecular formula is C17H21N2NaO4S. The van der Waals surface area contributed by atoms with Gasteiger partial charge >= 0.3 is 35.5 Å². The molecule has 0 aliphatic heterocycles. The first kappa shape index (κ1) is 20.4. The van der Waals surface area contributed by atoms with Gasteiger partial charge in [-0.2, -0.15) is 0 Å². The number of nitrogens with zero attached hydrogens (tertiary/aromatic N) is 2. The third-order valence-electron chi connectivity index (χ3n) is 4.68. The summed E-state index contributed by atoms with van der Waals surface area (Å²) in [7, 11) is -3.81. The minimum atomic E-state index is -3.81. The molecule has 1 aromatic carbocycles. The SMILES string of the molecule is CCOC(=O)C1C2CCC/C(=N/[N-]S(=O)(=O)c3ccc(C)cc3)C21.[Na+]. The Bertz CT molecular complexity index is 761. The number of hydrogen-bond acceptors (Lipinski definition) is 5. The van der Waals surface area contributed by atoms with Crippen LogP contribution in [-0.4, -0.2) is 26.7 Å². The summed E-state index contributed by atoms with van der Waals surface area (Å²) in [6.45, 7) is 4.02. The van der Waals surface area contributed by atoms with E-state index < -0.39 is 10.0 Å². The van der Waals surface area contributed by atoms with Gasteiger partial charge < -0.3 is 14.7 Å². The molecule has 2 fully saturated rings. The second kappa shape index (κ2) is 8.20. The molecule has 130 valence electrons. The van der Waals surface area contributed by atoms with Crippen LogP contribution in [0.1, 0.15) is 31.7 Å². The molecule has 0 radical (unpaired) electrons. The summed E-state index contributed by atoms with van der Waals surface area (Å²) < 4.78 is 29.6. The number of ether oxygens (including phenoxy) is 1. The second-order valence-electron chi connectivity index (χ2n) is 6.32. The van der Waals surface area contributed by atoms with E-state index in [-0.39, 0.29) is 58.2 Å². The summed E-state index contributed by atoms with van der Waals surface area (Å²) in [5.41, 5.74) is 1.69. The fourth-order valence-corrected chi connectivity index (χ4v) is 4.20. The Morgan fingerprint density at radius 2 is 2.00 bits per heavy atom. The van der Waals surface area contributed by atoms with E-state index in [1.165, 1.54) is 12.1 Å². The zero-order valence-electron chi connectivity index (χ0n) is 14.8. The summed E-state index contributed by atoms with van der Waals surface area (Å²) >= 11 is 0. The van der Waals surface area contributed by atoms with Crippen molar-refractivity contribution in [2.45, 2.75) is 38.0 Å². The van der Waals surface area contributed by atoms with Gasteiger partial charge in [0, 0.05) is 5.92 Å². The molecule has 0 amide bonds. The number of hydrogen-bond donors (Lipinski definition) is 0. The molecule has 2 aliphatic carbocycles. The Morgan fingerprint density at radius 3 is 2.64 bits per heavy atom. The maximum atomic E-state index is 12.3. The van der Waals surface area contributed by atoms with Gasteiger partial charge in [0.05, 0.1) is 17.4 Å². The van der Waals surface area contributed by atoms with E-state index in [1.807, 2.05) is 6.92 Å². The summed E-state index contributed by atoms with van der Waals surface area (Å²) in [5, 5.41) is 4.02. The summed E-state index contributed by atoms with van der Waals surface area (Å²) in [6.07, 6.45) is 2.54. The first-order valence-corrected chi connectivity index (χ1v) is 9.65. The van der Waals surface area contributed by atoms with Crippen LogP contribution in [0.5, 0.6) is 0 Å². The second-order valence-corrected chi connectivity index (χ2v) is 7.91. The Hall–Kier alpha value is -0.890. The first-order chi connectivity index (χ1) is 11.4. The molecule has 8 heteroatoms. The number of fused-ring (bicyclic) bond motifs is 1. The van der Waals surface area contributed by atoms with E-state index in [4.69, 9.17) is 4.74 Å². The average molecular weight is 372 g/mol. The Labute approximate surface area is 170 Å². The molecule has 6 nitrogen and oxygen atoms in total. The Kier molecular flexibility index (Phi) is 6.70. The summed E-state index contributed by atoms with van der Waals surface area (Å²) in [5.74, 6) is -0.157. The molecule has 0 N–H and O–H groups in total. The van der Waals surface area contributed by atoms with E-state index in [1.54, 1.807) is 19.1 Å². The van der Waals surface area contributed by atoms with E-state index in [0.29, 0.717) is 18.7 Å². The van der Waals surface area contributed by atoms with Gasteiger partial charge in [-0.1, -0.05) is 17.7 Å². The van der Waals surface area contributed by atoms with Crippen molar-refractivity contribution in [2.24, 2.45) is 22.9 Å². The molecule has 2 saturated carbocycles. The number of esters is 1. The van der Waals surface area contributed by atoms with Crippen LogP contribution in [0.15, 0.2) is 34.3 Å². The van der Waals surface area contributed by atoms with Crippen molar-refractivity contribution in [3.8, 4) is 0 Å². The topological polar surface area (TPSA) is 86.9 Å². The van der Waals surface area contributed by atoms with Gasteiger partial charge in [-0.05, 0) is 56.9 Å². The van der Waals surface area contributed by atoms with Gasteiger partial charge in [0.25, 0.3) is 0 Å². The van der Waals surface area contributed by atoms with Crippen LogP contribution in [0.3, 0.4) is 0 Å². The predicted octanol–water partition coefficient (Wildman–Crippen LogP) is 0.0266. The van der Waals surface area contributed by atoms with Crippen LogP contribution in [0.4, 0.5) is 0 Å². The average Bonchev–Trinajstić information content (AvgIpc) is 3.29. The van der Waals surface area contributed by atoms with Crippen LogP contribution < -0.4 is 29.6 Å². The molecule has 1 aromatic rings. The molecule has 3 unspecified atom stereocenters. The predicted molar refractivity (Wildman–Crippen MR) is 90.1 cm³/mol. The number of rotatable bonds is 5. The Morgan fingerprint density at radius 1 is 1.32 bits per heavy atom. The van der Waals surface area contributed by atoms with Crippen LogP contribution in [-0.2, 0) is 19.6 Å². The molecule has 0 saturated heterocycles. The van der Waals surface area contributed by atoms with Gasteiger partial charge in [-0.15, -0.1) is 0 Å². The van der Waals surface area contributed by atoms with E-state index in [0.717, 1.165) is 18.4 Å². The molecule has 0 heterocycles. The first-order valence-electron chi connectivity index (χ1n) is 8.21. The molecule has 0 bridgehead atoms. The minimum Gasteiger partial charge on any atom is -0.491 e. The Balaban J connectivity index is 0.00000225. The maximum Gasteiger partial charge on any atom is 1.00 e. The van der Waals surface area contributed by atoms with E-state index in [9.17, 15) is 13.2 Å². The van der Waals surface area contributed by atoms with Crippen LogP contribution in [0.2, 0.25) is 0 Å². The summed E-state index contributed by atoms with van der Waals surface area (Å²) in [4.78, 5) is 15.7. The standard InChI is InChI=1S/C17H21N2O4S.Na/c1-3-23-17(20)16-13-5-4-6-14(15(13)16)18-19-24(21,22)12-9-7-11(2)8-10-12;/h7-10,13,15-16H,3-6H2,1-2H3;/q-1;+1/b18-14-;. The molecule has 0 aromatic heterocycles. The largest absolute Gasteiger partial charge is 1.00 e. The summed E-state index contributed by atoms with van der Waals surface area (Å²) in [6, 6.07) is 6.50. The van der Waals surface area contributed by atoms with Gasteiger partial charge in [0.1, 0.15) is 10.0 Å². The molecule has 3 rings (SSSR count). The quantitative estimate of drug-likeness (QED) is 0.414. The van der Waals surface area contributed by atoms with Crippen LogP contribution >= 0.6 is 0 Å². The smallest absolute Gasteiger partial charge is 0.491 e. The van der Waals surface area contributed by atoms with Crippen molar-refractivity contribution in [2.75, 3.05) is 6.61 Å². The van der Waals surface area contributed by atoms with Gasteiger partial charge in [-0.25, -0.2) is 8.42 Å². The minimum absolute atomic E-state index is 0. The van der Waals surface area contributed by atoms with Gasteiger partial charge in [0.15, 0.2) is 0 Å². The fraction of sp³-hybridized carbons (Fsp3) is 0.529. The van der Waals surface area contributed by atoms with Gasteiger partial charge in [0.2, 0.25) is 0 Å². The molecule has 0 spiro atoms. The number of carbonyl (C=O) groups excluding carboxylic acids is 1. The zero-order valence-corrected chi connectivity index (χ0v) is 17.6. The molecular weight excluding hydrogens is 351 g/mol. The van der Waals surface area contributed by atoms with Crippen molar-refractivity contribution in [3.63, 3.8) is 0 Å². The molecule has 2 aliphatic rings. The molecule has 25 heavy (non-hydrogen) atoms. The third-order valence-corrected chi connectivity index (χ3v) is 5.84. The van der Waals surface area contributed by atoms with Crippen molar-refractivity contribution in [1.82, 2.24) is 0 Å². The van der Waals surface area contributed by atoms with Crippen LogP contribution in [0, 0.1) is 24.7 Å². The van der Waals surface area contributed by atoms with E-state index >= 15 is 0 Å². The molecule has 3 atom stereocenters. The van der Waals surface area contributed by atoms with Crippen molar-refractivity contribution >= 4 is 21.7 Å². The fourth-order valence-electron chi connectivity index (χ4n) is 3.41. The van der Waals surface area contributed by atoms with Crippen molar-refractivity contribution in [1.29, 1.82) is 0 Å². The van der Waals surface area contributed by atoms with Crippen molar-refractivity contribution < 1.29 is 47.5 Å². The van der Waals surface area contributed by atoms with Gasteiger partial charge in [-0.3, -0.25) is 4.79 Å². The zero-order chi connectivity index (χ0) is 17.3. The normalized spacial score (nSPS) is 26.3. The monoisotopic (exact) mass is 372 g/mol. The number of carbonyl (C=O) groups is 1. The van der Waals surface area contributed by atoms with Crippen LogP contribution in [0.25, 0.3) is 4.83 Å².